The summed E-state index contributed by atoms with van der Waals surface area (Å²) >= 11 is 11.5. The zero-order valence-electron chi connectivity index (χ0n) is 16.6. The van der Waals surface area contributed by atoms with Gasteiger partial charge in [0.25, 0.3) is 0 Å². The number of nitrogens with zero attached hydrogens (tertiary/aromatic N) is 2. The van der Waals surface area contributed by atoms with Crippen molar-refractivity contribution in [1.29, 1.82) is 0 Å². The van der Waals surface area contributed by atoms with Crippen molar-refractivity contribution in [3.8, 4) is 0 Å². The maximum Gasteiger partial charge on any atom is 0.226 e. The van der Waals surface area contributed by atoms with Gasteiger partial charge in [-0.2, -0.15) is 0 Å². The predicted octanol–water partition coefficient (Wildman–Crippen LogP) is 3.79. The number of unbranched alkanes of at least 4 members (excludes halogenated alkanes) is 2. The molecule has 28 heavy (non-hydrogen) atoms. The summed E-state index contributed by atoms with van der Waals surface area (Å²) in [6, 6.07) is 5.57. The van der Waals surface area contributed by atoms with E-state index < -0.39 is 0 Å². The third-order valence-electron chi connectivity index (χ3n) is 4.74. The van der Waals surface area contributed by atoms with Crippen LogP contribution in [0.1, 0.15) is 46.0 Å². The number of halogens is 1. The van der Waals surface area contributed by atoms with E-state index in [1.54, 1.807) is 6.07 Å². The van der Waals surface area contributed by atoms with E-state index in [4.69, 9.17) is 23.8 Å². The molecule has 2 rings (SSSR count). The minimum absolute atomic E-state index is 0.0822. The molecule has 6 nitrogen and oxygen atoms in total. The fourth-order valence-electron chi connectivity index (χ4n) is 3.18. The lowest BCUT2D eigenvalue weighted by molar-refractivity contribution is -0.131. The molecule has 1 aromatic carbocycles. The summed E-state index contributed by atoms with van der Waals surface area (Å²) in [5.41, 5.74) is 1.71. The van der Waals surface area contributed by atoms with Gasteiger partial charge >= 0.3 is 0 Å². The minimum Gasteiger partial charge on any atom is -0.366 e. The number of thiocarbonyl (C=S) groups is 1. The van der Waals surface area contributed by atoms with Gasteiger partial charge in [0.2, 0.25) is 11.8 Å². The van der Waals surface area contributed by atoms with E-state index in [1.165, 1.54) is 0 Å². The van der Waals surface area contributed by atoms with Crippen LogP contribution in [0.15, 0.2) is 18.2 Å². The Morgan fingerprint density at radius 1 is 1.14 bits per heavy atom. The molecular formula is C20H29ClN4O2S. The largest absolute Gasteiger partial charge is 0.366 e. The fourth-order valence-corrected chi connectivity index (χ4v) is 3.58. The average molecular weight is 425 g/mol. The quantitative estimate of drug-likeness (QED) is 0.515. The average Bonchev–Trinajstić information content (AvgIpc) is 2.68. The summed E-state index contributed by atoms with van der Waals surface area (Å²) in [4.78, 5) is 28.0. The van der Waals surface area contributed by atoms with Crippen LogP contribution in [0, 0.1) is 0 Å². The lowest BCUT2D eigenvalue weighted by Crippen LogP contribution is -2.48. The smallest absolute Gasteiger partial charge is 0.226 e. The van der Waals surface area contributed by atoms with Crippen molar-refractivity contribution in [3.05, 3.63) is 23.2 Å². The highest BCUT2D eigenvalue weighted by atomic mass is 35.5. The van der Waals surface area contributed by atoms with Crippen LogP contribution in [-0.4, -0.2) is 48.0 Å². The van der Waals surface area contributed by atoms with Crippen molar-refractivity contribution in [3.63, 3.8) is 0 Å². The highest BCUT2D eigenvalue weighted by molar-refractivity contribution is 7.80. The first-order valence-corrected chi connectivity index (χ1v) is 10.7. The second-order valence-corrected chi connectivity index (χ2v) is 7.69. The lowest BCUT2D eigenvalue weighted by Gasteiger charge is -2.37. The van der Waals surface area contributed by atoms with Crippen LogP contribution in [0.2, 0.25) is 5.02 Å². The van der Waals surface area contributed by atoms with Crippen molar-refractivity contribution < 1.29 is 9.59 Å². The molecule has 1 heterocycles. The molecule has 1 fully saturated rings. The number of anilines is 2. The van der Waals surface area contributed by atoms with Crippen LogP contribution >= 0.6 is 23.8 Å². The Labute approximate surface area is 177 Å². The molecule has 0 atom stereocenters. The van der Waals surface area contributed by atoms with Gasteiger partial charge in [0, 0.05) is 44.0 Å². The van der Waals surface area contributed by atoms with Gasteiger partial charge in [0.05, 0.1) is 11.4 Å². The van der Waals surface area contributed by atoms with Crippen molar-refractivity contribution in [1.82, 2.24) is 10.2 Å². The van der Waals surface area contributed by atoms with E-state index in [0.717, 1.165) is 43.7 Å². The first kappa shape index (κ1) is 22.4. The Kier molecular flexibility index (Phi) is 8.99. The molecule has 2 N–H and O–H groups in total. The van der Waals surface area contributed by atoms with E-state index in [2.05, 4.69) is 22.5 Å². The molecule has 154 valence electrons. The van der Waals surface area contributed by atoms with Crippen molar-refractivity contribution in [2.75, 3.05) is 36.4 Å². The van der Waals surface area contributed by atoms with Gasteiger partial charge in [0.15, 0.2) is 5.11 Å². The number of carbonyl (C=O) groups is 2. The number of hydrogen-bond donors (Lipinski definition) is 2. The molecule has 0 radical (unpaired) electrons. The standard InChI is InChI=1S/C20H29ClN4O2S/c1-3-5-6-7-18(26)23-20(28)22-16-14-15(21)8-9-17(16)24-10-12-25(13-11-24)19(27)4-2/h8-9,14H,3-7,10-13H2,1-2H3,(H2,22,23,26,28). The summed E-state index contributed by atoms with van der Waals surface area (Å²) in [5, 5.41) is 6.70. The van der Waals surface area contributed by atoms with E-state index in [1.807, 2.05) is 24.0 Å². The SMILES string of the molecule is CCCCCC(=O)NC(=S)Nc1cc(Cl)ccc1N1CCN(C(=O)CC)CC1. The van der Waals surface area contributed by atoms with Gasteiger partial charge in [0.1, 0.15) is 0 Å². The molecule has 0 aliphatic carbocycles. The number of rotatable bonds is 7. The molecule has 0 bridgehead atoms. The maximum absolute atomic E-state index is 12.0. The monoisotopic (exact) mass is 424 g/mol. The molecule has 1 saturated heterocycles. The van der Waals surface area contributed by atoms with Crippen molar-refractivity contribution >= 4 is 52.1 Å². The molecule has 1 aliphatic rings. The Morgan fingerprint density at radius 2 is 1.86 bits per heavy atom. The molecule has 2 amide bonds. The number of carbonyl (C=O) groups excluding carboxylic acids is 2. The molecule has 0 aromatic heterocycles. The summed E-state index contributed by atoms with van der Waals surface area (Å²) < 4.78 is 0. The van der Waals surface area contributed by atoms with Gasteiger partial charge in [-0.25, -0.2) is 0 Å². The van der Waals surface area contributed by atoms with Gasteiger partial charge in [-0.3, -0.25) is 9.59 Å². The molecule has 8 heteroatoms. The van der Waals surface area contributed by atoms with Crippen LogP contribution in [0.5, 0.6) is 0 Å². The summed E-state index contributed by atoms with van der Waals surface area (Å²) in [6.45, 7) is 6.83. The van der Waals surface area contributed by atoms with Crippen LogP contribution < -0.4 is 15.5 Å². The van der Waals surface area contributed by atoms with Crippen LogP contribution in [0.4, 0.5) is 11.4 Å². The maximum atomic E-state index is 12.0. The molecule has 1 aliphatic heterocycles. The van der Waals surface area contributed by atoms with Crippen molar-refractivity contribution in [2.45, 2.75) is 46.0 Å². The van der Waals surface area contributed by atoms with Gasteiger partial charge < -0.3 is 20.4 Å². The Hall–Kier alpha value is -1.86. The topological polar surface area (TPSA) is 64.7 Å². The lowest BCUT2D eigenvalue weighted by atomic mass is 10.2. The Balaban J connectivity index is 1.99. The normalized spacial score (nSPS) is 14.0. The zero-order valence-corrected chi connectivity index (χ0v) is 18.2. The Morgan fingerprint density at radius 3 is 2.50 bits per heavy atom. The second kappa shape index (κ2) is 11.2. The Bertz CT molecular complexity index is 705. The van der Waals surface area contributed by atoms with Crippen LogP contribution in [0.25, 0.3) is 0 Å². The molecular weight excluding hydrogens is 396 g/mol. The number of nitrogens with one attached hydrogen (secondary N) is 2. The summed E-state index contributed by atoms with van der Waals surface area (Å²) in [6.07, 6.45) is 3.94. The second-order valence-electron chi connectivity index (χ2n) is 6.84. The molecule has 0 spiro atoms. The number of hydrogen-bond acceptors (Lipinski definition) is 4. The molecule has 0 unspecified atom stereocenters. The van der Waals surface area contributed by atoms with Gasteiger partial charge in [-0.05, 0) is 36.8 Å². The zero-order chi connectivity index (χ0) is 20.5. The molecule has 1 aromatic rings. The summed E-state index contributed by atoms with van der Waals surface area (Å²) in [5.74, 6) is 0.0993. The van der Waals surface area contributed by atoms with E-state index in [9.17, 15) is 9.59 Å². The van der Waals surface area contributed by atoms with E-state index >= 15 is 0 Å². The fraction of sp³-hybridized carbons (Fsp3) is 0.550. The highest BCUT2D eigenvalue weighted by Gasteiger charge is 2.22. The predicted molar refractivity (Wildman–Crippen MR) is 119 cm³/mol. The van der Waals surface area contributed by atoms with Crippen molar-refractivity contribution in [2.24, 2.45) is 0 Å². The number of piperazine rings is 1. The van der Waals surface area contributed by atoms with Gasteiger partial charge in [-0.1, -0.05) is 38.3 Å². The first-order valence-electron chi connectivity index (χ1n) is 9.87. The van der Waals surface area contributed by atoms with Gasteiger partial charge in [-0.15, -0.1) is 0 Å². The minimum atomic E-state index is -0.0822. The number of amides is 2. The molecule has 0 saturated carbocycles. The highest BCUT2D eigenvalue weighted by Crippen LogP contribution is 2.30. The van der Waals surface area contributed by atoms with Crippen LogP contribution in [-0.2, 0) is 9.59 Å². The van der Waals surface area contributed by atoms with E-state index in [0.29, 0.717) is 31.0 Å². The third-order valence-corrected chi connectivity index (χ3v) is 5.18. The first-order chi connectivity index (χ1) is 13.4. The summed E-state index contributed by atoms with van der Waals surface area (Å²) in [7, 11) is 0. The third kappa shape index (κ3) is 6.63. The number of benzene rings is 1. The van der Waals surface area contributed by atoms with E-state index in [-0.39, 0.29) is 16.9 Å². The van der Waals surface area contributed by atoms with Crippen LogP contribution in [0.3, 0.4) is 0 Å².